The summed E-state index contributed by atoms with van der Waals surface area (Å²) in [4.78, 5) is 38.6. The number of piperidine rings is 1. The largest absolute Gasteiger partial charge is 0.480 e. The highest BCUT2D eigenvalue weighted by Gasteiger charge is 2.70. The standard InChI is InChI=1S/C18H28N2O5/c1-16(2,3)12(19-15(24)18(25)6-7-18)13(21)20-8-9-10(17(9,4)5)11(20)14(22)23/h9-12,25H,6-8H2,1-5H3,(H,19,24)(H,22,23)/t9-,10-,11-,12?/m0/s1. The quantitative estimate of drug-likeness (QED) is 0.687. The van der Waals surface area contributed by atoms with Gasteiger partial charge >= 0.3 is 5.97 Å². The van der Waals surface area contributed by atoms with Gasteiger partial charge in [0.1, 0.15) is 17.7 Å². The Morgan fingerprint density at radius 3 is 2.20 bits per heavy atom. The van der Waals surface area contributed by atoms with Gasteiger partial charge in [-0.3, -0.25) is 9.59 Å². The van der Waals surface area contributed by atoms with E-state index in [-0.39, 0.29) is 23.2 Å². The van der Waals surface area contributed by atoms with Crippen molar-refractivity contribution in [3.8, 4) is 0 Å². The molecule has 0 aromatic heterocycles. The van der Waals surface area contributed by atoms with Crippen molar-refractivity contribution in [1.29, 1.82) is 0 Å². The van der Waals surface area contributed by atoms with Gasteiger partial charge in [0.2, 0.25) is 5.91 Å². The highest BCUT2D eigenvalue weighted by atomic mass is 16.4. The van der Waals surface area contributed by atoms with Crippen LogP contribution in [0.2, 0.25) is 0 Å². The Balaban J connectivity index is 1.81. The molecule has 1 saturated heterocycles. The Kier molecular flexibility index (Phi) is 3.77. The summed E-state index contributed by atoms with van der Waals surface area (Å²) in [6, 6.07) is -1.72. The normalized spacial score (nSPS) is 32.6. The number of likely N-dealkylation sites (tertiary alicyclic amines) is 1. The van der Waals surface area contributed by atoms with E-state index >= 15 is 0 Å². The highest BCUT2D eigenvalue weighted by molar-refractivity contribution is 5.95. The van der Waals surface area contributed by atoms with E-state index in [2.05, 4.69) is 5.32 Å². The number of fused-ring (bicyclic) bond motifs is 1. The number of carbonyl (C=O) groups is 3. The summed E-state index contributed by atoms with van der Waals surface area (Å²) < 4.78 is 0. The molecule has 3 rings (SSSR count). The van der Waals surface area contributed by atoms with Crippen molar-refractivity contribution in [3.63, 3.8) is 0 Å². The fourth-order valence-corrected chi connectivity index (χ4v) is 4.22. The number of carboxylic acid groups (broad SMARTS) is 1. The van der Waals surface area contributed by atoms with Crippen LogP contribution >= 0.6 is 0 Å². The summed E-state index contributed by atoms with van der Waals surface area (Å²) in [5.41, 5.74) is -2.03. The summed E-state index contributed by atoms with van der Waals surface area (Å²) in [7, 11) is 0. The van der Waals surface area contributed by atoms with E-state index < -0.39 is 35.0 Å². The van der Waals surface area contributed by atoms with E-state index in [4.69, 9.17) is 0 Å². The van der Waals surface area contributed by atoms with Crippen LogP contribution in [0.4, 0.5) is 0 Å². The summed E-state index contributed by atoms with van der Waals surface area (Å²) in [6.07, 6.45) is 0.785. The number of carboxylic acids is 1. The van der Waals surface area contributed by atoms with Crippen molar-refractivity contribution in [2.45, 2.75) is 65.1 Å². The van der Waals surface area contributed by atoms with Gasteiger partial charge in [-0.2, -0.15) is 0 Å². The molecule has 3 fully saturated rings. The monoisotopic (exact) mass is 352 g/mol. The lowest BCUT2D eigenvalue weighted by atomic mass is 9.85. The topological polar surface area (TPSA) is 107 Å². The number of amides is 2. The molecule has 3 aliphatic rings. The van der Waals surface area contributed by atoms with Crippen LogP contribution in [0.5, 0.6) is 0 Å². The van der Waals surface area contributed by atoms with Crippen molar-refractivity contribution in [2.24, 2.45) is 22.7 Å². The molecule has 3 N–H and O–H groups in total. The zero-order chi connectivity index (χ0) is 18.9. The second kappa shape index (κ2) is 5.19. The molecule has 1 unspecified atom stereocenters. The molecule has 2 amide bonds. The van der Waals surface area contributed by atoms with Gasteiger partial charge in [-0.15, -0.1) is 0 Å². The molecular formula is C18H28N2O5. The molecule has 0 radical (unpaired) electrons. The van der Waals surface area contributed by atoms with Crippen LogP contribution in [-0.2, 0) is 14.4 Å². The first-order valence-electron chi connectivity index (χ1n) is 8.87. The van der Waals surface area contributed by atoms with Gasteiger partial charge in [-0.1, -0.05) is 34.6 Å². The summed E-state index contributed by atoms with van der Waals surface area (Å²) in [6.45, 7) is 9.94. The summed E-state index contributed by atoms with van der Waals surface area (Å²) in [5, 5.41) is 22.3. The van der Waals surface area contributed by atoms with Gasteiger partial charge < -0.3 is 20.4 Å². The fraction of sp³-hybridized carbons (Fsp3) is 0.833. The average molecular weight is 352 g/mol. The van der Waals surface area contributed by atoms with E-state index in [9.17, 15) is 24.6 Å². The first kappa shape index (κ1) is 18.2. The molecule has 0 bridgehead atoms. The van der Waals surface area contributed by atoms with E-state index in [1.54, 1.807) is 0 Å². The zero-order valence-corrected chi connectivity index (χ0v) is 15.5. The van der Waals surface area contributed by atoms with Crippen LogP contribution < -0.4 is 5.32 Å². The second-order valence-corrected chi connectivity index (χ2v) is 9.53. The predicted molar refractivity (Wildman–Crippen MR) is 89.5 cm³/mol. The third kappa shape index (κ3) is 2.82. The minimum atomic E-state index is -1.37. The van der Waals surface area contributed by atoms with Crippen molar-refractivity contribution in [1.82, 2.24) is 10.2 Å². The number of aliphatic carboxylic acids is 1. The minimum Gasteiger partial charge on any atom is -0.480 e. The SMILES string of the molecule is CC(C)(C)C(NC(=O)C1(O)CC1)C(=O)N1C[C@H]2[C@@H]([C@H]1C(=O)O)C2(C)C. The van der Waals surface area contributed by atoms with Gasteiger partial charge in [-0.05, 0) is 29.6 Å². The molecule has 140 valence electrons. The molecule has 4 atom stereocenters. The van der Waals surface area contributed by atoms with Gasteiger partial charge in [0.25, 0.3) is 5.91 Å². The zero-order valence-electron chi connectivity index (χ0n) is 15.5. The first-order chi connectivity index (χ1) is 11.3. The van der Waals surface area contributed by atoms with Gasteiger partial charge in [-0.25, -0.2) is 4.79 Å². The molecule has 0 spiro atoms. The third-order valence-corrected chi connectivity index (χ3v) is 6.28. The molecule has 0 aromatic rings. The minimum absolute atomic E-state index is 0.0436. The Morgan fingerprint density at radius 1 is 1.20 bits per heavy atom. The number of aliphatic hydroxyl groups is 1. The predicted octanol–water partition coefficient (Wildman–Crippen LogP) is 0.610. The van der Waals surface area contributed by atoms with E-state index in [1.165, 1.54) is 4.90 Å². The van der Waals surface area contributed by atoms with Crippen molar-refractivity contribution in [3.05, 3.63) is 0 Å². The molecule has 0 aromatic carbocycles. The molecule has 2 saturated carbocycles. The second-order valence-electron chi connectivity index (χ2n) is 9.53. The average Bonchev–Trinajstić information content (AvgIpc) is 3.25. The molecule has 1 aliphatic heterocycles. The third-order valence-electron chi connectivity index (χ3n) is 6.28. The molecule has 1 heterocycles. The van der Waals surface area contributed by atoms with Gasteiger partial charge in [0, 0.05) is 12.5 Å². The molecule has 7 heteroatoms. The van der Waals surface area contributed by atoms with E-state index in [1.807, 2.05) is 34.6 Å². The number of rotatable bonds is 4. The number of nitrogens with one attached hydrogen (secondary N) is 1. The first-order valence-corrected chi connectivity index (χ1v) is 8.87. The maximum atomic E-state index is 13.1. The fourth-order valence-electron chi connectivity index (χ4n) is 4.22. The van der Waals surface area contributed by atoms with Gasteiger partial charge in [0.15, 0.2) is 0 Å². The Labute approximate surface area is 147 Å². The van der Waals surface area contributed by atoms with E-state index in [0.29, 0.717) is 19.4 Å². The molecule has 2 aliphatic carbocycles. The van der Waals surface area contributed by atoms with Crippen LogP contribution in [0.1, 0.15) is 47.5 Å². The summed E-state index contributed by atoms with van der Waals surface area (Å²) in [5.74, 6) is -1.77. The lowest BCUT2D eigenvalue weighted by Gasteiger charge is -2.37. The van der Waals surface area contributed by atoms with Crippen molar-refractivity contribution < 1.29 is 24.6 Å². The Hall–Kier alpha value is -1.63. The Morgan fingerprint density at radius 2 is 1.76 bits per heavy atom. The number of nitrogens with zero attached hydrogens (tertiary/aromatic N) is 1. The Bertz CT molecular complexity index is 632. The van der Waals surface area contributed by atoms with Crippen LogP contribution in [-0.4, -0.2) is 57.1 Å². The van der Waals surface area contributed by atoms with Crippen molar-refractivity contribution >= 4 is 17.8 Å². The molecular weight excluding hydrogens is 324 g/mol. The van der Waals surface area contributed by atoms with Crippen LogP contribution in [0, 0.1) is 22.7 Å². The smallest absolute Gasteiger partial charge is 0.326 e. The van der Waals surface area contributed by atoms with Gasteiger partial charge in [0.05, 0.1) is 0 Å². The van der Waals surface area contributed by atoms with Crippen LogP contribution in [0.25, 0.3) is 0 Å². The maximum Gasteiger partial charge on any atom is 0.326 e. The van der Waals surface area contributed by atoms with E-state index in [0.717, 1.165) is 0 Å². The number of carbonyl (C=O) groups excluding carboxylic acids is 2. The molecule has 7 nitrogen and oxygen atoms in total. The lowest BCUT2D eigenvalue weighted by Crippen LogP contribution is -2.59. The number of hydrogen-bond acceptors (Lipinski definition) is 4. The van der Waals surface area contributed by atoms with Crippen LogP contribution in [0.3, 0.4) is 0 Å². The van der Waals surface area contributed by atoms with Crippen LogP contribution in [0.15, 0.2) is 0 Å². The van der Waals surface area contributed by atoms with Crippen molar-refractivity contribution in [2.75, 3.05) is 6.54 Å². The maximum absolute atomic E-state index is 13.1. The number of hydrogen-bond donors (Lipinski definition) is 3. The highest BCUT2D eigenvalue weighted by Crippen LogP contribution is 2.65. The lowest BCUT2D eigenvalue weighted by molar-refractivity contribution is -0.153. The molecule has 25 heavy (non-hydrogen) atoms. The summed E-state index contributed by atoms with van der Waals surface area (Å²) >= 11 is 0.